The number of nitrogens with one attached hydrogen (secondary N) is 3. The van der Waals surface area contributed by atoms with E-state index >= 15 is 0 Å². The van der Waals surface area contributed by atoms with Gasteiger partial charge in [-0.1, -0.05) is 6.92 Å². The smallest absolute Gasteiger partial charge is 0.221 e. The van der Waals surface area contributed by atoms with Crippen molar-refractivity contribution in [1.82, 2.24) is 16.0 Å². The third-order valence-electron chi connectivity index (χ3n) is 3.53. The molecule has 1 aliphatic heterocycles. The van der Waals surface area contributed by atoms with Gasteiger partial charge in [0.1, 0.15) is 0 Å². The van der Waals surface area contributed by atoms with Crippen LogP contribution < -0.4 is 16.0 Å². The summed E-state index contributed by atoms with van der Waals surface area (Å²) in [5.74, 6) is 0.782. The molecule has 0 aliphatic carbocycles. The summed E-state index contributed by atoms with van der Waals surface area (Å²) in [6.45, 7) is 6.40. The average molecular weight is 456 g/mol. The molecule has 1 rings (SSSR count). The molecule has 0 aromatic rings. The summed E-state index contributed by atoms with van der Waals surface area (Å²) in [5.41, 5.74) is 0. The Morgan fingerprint density at radius 1 is 1.25 bits per heavy atom. The lowest BCUT2D eigenvalue weighted by Gasteiger charge is -2.13. The molecule has 0 saturated carbocycles. The Morgan fingerprint density at radius 2 is 2.04 bits per heavy atom. The van der Waals surface area contributed by atoms with Crippen LogP contribution in [0.5, 0.6) is 0 Å². The lowest BCUT2D eigenvalue weighted by molar-refractivity contribution is -0.120. The van der Waals surface area contributed by atoms with E-state index in [1.54, 1.807) is 7.05 Å². The molecule has 0 radical (unpaired) electrons. The lowest BCUT2D eigenvalue weighted by atomic mass is 10.2. The van der Waals surface area contributed by atoms with Crippen molar-refractivity contribution in [2.24, 2.45) is 4.99 Å². The van der Waals surface area contributed by atoms with E-state index in [4.69, 9.17) is 9.47 Å². The van der Waals surface area contributed by atoms with Gasteiger partial charge in [-0.05, 0) is 25.7 Å². The van der Waals surface area contributed by atoms with Crippen molar-refractivity contribution in [3.63, 3.8) is 0 Å². The number of rotatable bonds is 11. The fraction of sp³-hybridized carbons (Fsp3) is 0.875. The summed E-state index contributed by atoms with van der Waals surface area (Å²) in [6.07, 6.45) is 4.86. The summed E-state index contributed by atoms with van der Waals surface area (Å²) in [5, 5.41) is 9.19. The Kier molecular flexibility index (Phi) is 15.5. The molecule has 8 heteroatoms. The van der Waals surface area contributed by atoms with Crippen molar-refractivity contribution in [2.45, 2.75) is 45.1 Å². The number of aliphatic imine (C=N–C) groups is 1. The van der Waals surface area contributed by atoms with Crippen LogP contribution in [0.1, 0.15) is 39.0 Å². The van der Waals surface area contributed by atoms with E-state index in [9.17, 15) is 4.79 Å². The Morgan fingerprint density at radius 3 is 2.71 bits per heavy atom. The monoisotopic (exact) mass is 456 g/mol. The van der Waals surface area contributed by atoms with E-state index in [-0.39, 0.29) is 36.0 Å². The molecule has 1 fully saturated rings. The molecule has 0 bridgehead atoms. The predicted molar refractivity (Wildman–Crippen MR) is 107 cm³/mol. The van der Waals surface area contributed by atoms with Crippen molar-refractivity contribution >= 4 is 35.8 Å². The fourth-order valence-electron chi connectivity index (χ4n) is 2.24. The molecule has 3 N–H and O–H groups in total. The van der Waals surface area contributed by atoms with Crippen LogP contribution in [0, 0.1) is 0 Å². The Bertz CT molecular complexity index is 350. The van der Waals surface area contributed by atoms with Crippen LogP contribution in [0.3, 0.4) is 0 Å². The van der Waals surface area contributed by atoms with E-state index < -0.39 is 0 Å². The predicted octanol–water partition coefficient (Wildman–Crippen LogP) is 1.27. The molecule has 1 saturated heterocycles. The first-order valence-electron chi connectivity index (χ1n) is 8.66. The van der Waals surface area contributed by atoms with Crippen LogP contribution >= 0.6 is 24.0 Å². The van der Waals surface area contributed by atoms with Gasteiger partial charge in [-0.25, -0.2) is 0 Å². The first-order chi connectivity index (χ1) is 11.3. The standard InChI is InChI=1S/C16H32N4O3.HI/c1-3-8-18-15(21)7-10-20-16(17-2)19-9-5-11-22-13-14-6-4-12-23-14;/h14H,3-13H2,1-2H3,(H,18,21)(H2,17,19,20);1H. The van der Waals surface area contributed by atoms with Crippen molar-refractivity contribution < 1.29 is 14.3 Å². The molecule has 0 aromatic carbocycles. The zero-order chi connectivity index (χ0) is 16.8. The van der Waals surface area contributed by atoms with Crippen LogP contribution in [0.4, 0.5) is 0 Å². The minimum Gasteiger partial charge on any atom is -0.379 e. The van der Waals surface area contributed by atoms with Gasteiger partial charge in [-0.3, -0.25) is 9.79 Å². The maximum Gasteiger partial charge on any atom is 0.221 e. The van der Waals surface area contributed by atoms with Crippen LogP contribution in [0.2, 0.25) is 0 Å². The van der Waals surface area contributed by atoms with Gasteiger partial charge in [0.25, 0.3) is 0 Å². The molecule has 0 aromatic heterocycles. The Labute approximate surface area is 162 Å². The van der Waals surface area contributed by atoms with E-state index in [0.29, 0.717) is 32.1 Å². The normalized spacial score (nSPS) is 17.2. The second kappa shape index (κ2) is 15.9. The highest BCUT2D eigenvalue weighted by molar-refractivity contribution is 14.0. The van der Waals surface area contributed by atoms with Crippen molar-refractivity contribution in [3.8, 4) is 0 Å². The number of amides is 1. The largest absolute Gasteiger partial charge is 0.379 e. The van der Waals surface area contributed by atoms with Gasteiger partial charge in [0.05, 0.1) is 12.7 Å². The number of halogens is 1. The van der Waals surface area contributed by atoms with Gasteiger partial charge >= 0.3 is 0 Å². The molecule has 142 valence electrons. The number of hydrogen-bond donors (Lipinski definition) is 3. The van der Waals surface area contributed by atoms with E-state index in [2.05, 4.69) is 20.9 Å². The summed E-state index contributed by atoms with van der Waals surface area (Å²) in [7, 11) is 1.72. The molecule has 1 atom stereocenters. The van der Waals surface area contributed by atoms with Gasteiger partial charge in [-0.15, -0.1) is 24.0 Å². The maximum absolute atomic E-state index is 11.5. The Hall–Kier alpha value is -0.610. The SMILES string of the molecule is CCCNC(=O)CCNC(=NC)NCCCOCC1CCCO1.I. The summed E-state index contributed by atoms with van der Waals surface area (Å²) < 4.78 is 11.1. The van der Waals surface area contributed by atoms with Gasteiger partial charge in [0.2, 0.25) is 5.91 Å². The highest BCUT2D eigenvalue weighted by atomic mass is 127. The highest BCUT2D eigenvalue weighted by Crippen LogP contribution is 2.11. The number of carbonyl (C=O) groups excluding carboxylic acids is 1. The number of nitrogens with zero attached hydrogens (tertiary/aromatic N) is 1. The summed E-state index contributed by atoms with van der Waals surface area (Å²) in [4.78, 5) is 15.6. The number of guanidine groups is 1. The third-order valence-corrected chi connectivity index (χ3v) is 3.53. The second-order valence-corrected chi connectivity index (χ2v) is 5.59. The maximum atomic E-state index is 11.5. The molecular formula is C16H33IN4O3. The van der Waals surface area contributed by atoms with Crippen molar-refractivity contribution in [3.05, 3.63) is 0 Å². The molecule has 1 aliphatic rings. The van der Waals surface area contributed by atoms with Crippen LogP contribution in [0.25, 0.3) is 0 Å². The van der Waals surface area contributed by atoms with Gasteiger partial charge in [-0.2, -0.15) is 0 Å². The number of carbonyl (C=O) groups is 1. The zero-order valence-electron chi connectivity index (χ0n) is 14.9. The summed E-state index contributed by atoms with van der Waals surface area (Å²) >= 11 is 0. The lowest BCUT2D eigenvalue weighted by Crippen LogP contribution is -2.40. The average Bonchev–Trinajstić information content (AvgIpc) is 3.07. The van der Waals surface area contributed by atoms with E-state index in [1.165, 1.54) is 0 Å². The second-order valence-electron chi connectivity index (χ2n) is 5.59. The molecule has 24 heavy (non-hydrogen) atoms. The van der Waals surface area contributed by atoms with Crippen molar-refractivity contribution in [1.29, 1.82) is 0 Å². The third kappa shape index (κ3) is 11.9. The highest BCUT2D eigenvalue weighted by Gasteiger charge is 2.14. The van der Waals surface area contributed by atoms with Crippen molar-refractivity contribution in [2.75, 3.05) is 46.5 Å². The Balaban J connectivity index is 0.00000529. The van der Waals surface area contributed by atoms with Crippen LogP contribution in [-0.4, -0.2) is 64.5 Å². The summed E-state index contributed by atoms with van der Waals surface area (Å²) in [6, 6.07) is 0. The topological polar surface area (TPSA) is 84.0 Å². The van der Waals surface area contributed by atoms with Gasteiger partial charge in [0, 0.05) is 46.3 Å². The first-order valence-corrected chi connectivity index (χ1v) is 8.66. The van der Waals surface area contributed by atoms with Crippen LogP contribution in [0.15, 0.2) is 4.99 Å². The molecular weight excluding hydrogens is 423 g/mol. The molecule has 7 nitrogen and oxygen atoms in total. The number of ether oxygens (including phenoxy) is 2. The molecule has 1 heterocycles. The minimum absolute atomic E-state index is 0. The van der Waals surface area contributed by atoms with E-state index in [1.807, 2.05) is 6.92 Å². The number of hydrogen-bond acceptors (Lipinski definition) is 4. The molecule has 1 unspecified atom stereocenters. The quantitative estimate of drug-likeness (QED) is 0.189. The van der Waals surface area contributed by atoms with Crippen LogP contribution in [-0.2, 0) is 14.3 Å². The fourth-order valence-corrected chi connectivity index (χ4v) is 2.24. The van der Waals surface area contributed by atoms with Gasteiger partial charge in [0.15, 0.2) is 5.96 Å². The minimum atomic E-state index is 0. The van der Waals surface area contributed by atoms with E-state index in [0.717, 1.165) is 45.4 Å². The molecule has 1 amide bonds. The van der Waals surface area contributed by atoms with Gasteiger partial charge < -0.3 is 25.4 Å². The first kappa shape index (κ1) is 23.4. The zero-order valence-corrected chi connectivity index (χ0v) is 17.3. The molecule has 0 spiro atoms.